The van der Waals surface area contributed by atoms with Crippen LogP contribution in [0.3, 0.4) is 0 Å². The Morgan fingerprint density at radius 3 is 2.14 bits per heavy atom. The van der Waals surface area contributed by atoms with E-state index in [0.29, 0.717) is 5.56 Å². The van der Waals surface area contributed by atoms with Crippen LogP contribution in [0.1, 0.15) is 11.1 Å². The van der Waals surface area contributed by atoms with E-state index in [0.717, 1.165) is 23.8 Å². The summed E-state index contributed by atoms with van der Waals surface area (Å²) in [4.78, 5) is -0.215. The average molecular weight is 312 g/mol. The first-order chi connectivity index (χ1) is 9.72. The number of hydrogen-bond donors (Lipinski definition) is 2. The van der Waals surface area contributed by atoms with Crippen LogP contribution >= 0.6 is 0 Å². The number of rotatable bonds is 3. The van der Waals surface area contributed by atoms with Gasteiger partial charge < -0.3 is 5.73 Å². The van der Waals surface area contributed by atoms with Gasteiger partial charge in [0.05, 0.1) is 5.69 Å². The van der Waals surface area contributed by atoms with Crippen LogP contribution in [0.4, 0.5) is 20.2 Å². The molecule has 0 aliphatic heterocycles. The molecule has 0 saturated heterocycles. The number of anilines is 2. The second kappa shape index (κ2) is 5.33. The van der Waals surface area contributed by atoms with Crippen molar-refractivity contribution >= 4 is 21.4 Å². The molecular weight excluding hydrogens is 298 g/mol. The molecule has 3 N–H and O–H groups in total. The van der Waals surface area contributed by atoms with Crippen molar-refractivity contribution in [1.29, 1.82) is 0 Å². The van der Waals surface area contributed by atoms with E-state index in [1.165, 1.54) is 12.1 Å². The van der Waals surface area contributed by atoms with E-state index >= 15 is 0 Å². The van der Waals surface area contributed by atoms with Crippen LogP contribution in [-0.2, 0) is 10.0 Å². The van der Waals surface area contributed by atoms with E-state index in [1.54, 1.807) is 13.8 Å². The van der Waals surface area contributed by atoms with E-state index in [2.05, 4.69) is 0 Å². The number of aryl methyl sites for hydroxylation is 2. The lowest BCUT2D eigenvalue weighted by Gasteiger charge is -2.13. The molecule has 112 valence electrons. The highest BCUT2D eigenvalue weighted by molar-refractivity contribution is 7.92. The van der Waals surface area contributed by atoms with Crippen LogP contribution in [0.15, 0.2) is 35.2 Å². The lowest BCUT2D eigenvalue weighted by atomic mass is 10.1. The van der Waals surface area contributed by atoms with E-state index < -0.39 is 27.3 Å². The SMILES string of the molecule is Cc1cc(N)c(S(=O)(=O)Nc2c(F)cccc2F)cc1C. The zero-order valence-corrected chi connectivity index (χ0v) is 12.3. The van der Waals surface area contributed by atoms with Crippen LogP contribution in [0.25, 0.3) is 0 Å². The number of para-hydroxylation sites is 1. The van der Waals surface area contributed by atoms with E-state index in [9.17, 15) is 17.2 Å². The Morgan fingerprint density at radius 2 is 1.57 bits per heavy atom. The van der Waals surface area contributed by atoms with Crippen molar-refractivity contribution < 1.29 is 17.2 Å². The predicted molar refractivity (Wildman–Crippen MR) is 77.5 cm³/mol. The fourth-order valence-electron chi connectivity index (χ4n) is 1.83. The second-order valence-corrected chi connectivity index (χ2v) is 6.33. The quantitative estimate of drug-likeness (QED) is 0.856. The van der Waals surface area contributed by atoms with Gasteiger partial charge in [0.2, 0.25) is 0 Å². The van der Waals surface area contributed by atoms with Crippen molar-refractivity contribution in [2.45, 2.75) is 18.7 Å². The molecule has 0 aliphatic carbocycles. The summed E-state index contributed by atoms with van der Waals surface area (Å²) in [5.41, 5.74) is 6.52. The van der Waals surface area contributed by atoms with E-state index in [-0.39, 0.29) is 10.6 Å². The molecule has 7 heteroatoms. The lowest BCUT2D eigenvalue weighted by Crippen LogP contribution is -2.17. The third-order valence-corrected chi connectivity index (χ3v) is 4.52. The Balaban J connectivity index is 2.51. The maximum atomic E-state index is 13.5. The molecule has 0 atom stereocenters. The third-order valence-electron chi connectivity index (χ3n) is 3.11. The van der Waals surface area contributed by atoms with E-state index in [4.69, 9.17) is 5.73 Å². The molecule has 0 heterocycles. The van der Waals surface area contributed by atoms with Gasteiger partial charge in [-0.3, -0.25) is 4.72 Å². The molecule has 0 amide bonds. The number of nitrogen functional groups attached to an aromatic ring is 1. The van der Waals surface area contributed by atoms with Gasteiger partial charge in [0.15, 0.2) is 0 Å². The first-order valence-corrected chi connectivity index (χ1v) is 7.54. The average Bonchev–Trinajstić information content (AvgIpc) is 2.38. The van der Waals surface area contributed by atoms with Gasteiger partial charge in [-0.15, -0.1) is 0 Å². The zero-order valence-electron chi connectivity index (χ0n) is 11.4. The van der Waals surface area contributed by atoms with Gasteiger partial charge in [0.25, 0.3) is 10.0 Å². The molecule has 21 heavy (non-hydrogen) atoms. The Labute approximate surface area is 121 Å². The summed E-state index contributed by atoms with van der Waals surface area (Å²) >= 11 is 0. The van der Waals surface area contributed by atoms with Crippen LogP contribution in [0.5, 0.6) is 0 Å². The summed E-state index contributed by atoms with van der Waals surface area (Å²) in [6.45, 7) is 3.50. The molecule has 0 saturated carbocycles. The second-order valence-electron chi connectivity index (χ2n) is 4.68. The number of halogens is 2. The standard InChI is InChI=1S/C14H14F2N2O2S/c1-8-6-12(17)13(7-9(8)2)21(19,20)18-14-10(15)4-3-5-11(14)16/h3-7,18H,17H2,1-2H3. The molecule has 0 unspecified atom stereocenters. The van der Waals surface area contributed by atoms with Gasteiger partial charge in [-0.1, -0.05) is 6.07 Å². The topological polar surface area (TPSA) is 72.2 Å². The van der Waals surface area contributed by atoms with Gasteiger partial charge in [-0.25, -0.2) is 17.2 Å². The Bertz CT molecular complexity index is 785. The van der Waals surface area contributed by atoms with Gasteiger partial charge >= 0.3 is 0 Å². The molecule has 0 bridgehead atoms. The molecule has 0 spiro atoms. The van der Waals surface area contributed by atoms with Crippen LogP contribution in [-0.4, -0.2) is 8.42 Å². The van der Waals surface area contributed by atoms with Crippen LogP contribution in [0.2, 0.25) is 0 Å². The highest BCUT2D eigenvalue weighted by Gasteiger charge is 2.22. The largest absolute Gasteiger partial charge is 0.398 e. The molecule has 0 fully saturated rings. The third kappa shape index (κ3) is 2.97. The minimum atomic E-state index is -4.18. The summed E-state index contributed by atoms with van der Waals surface area (Å²) in [6, 6.07) is 5.94. The summed E-state index contributed by atoms with van der Waals surface area (Å²) in [6.07, 6.45) is 0. The van der Waals surface area contributed by atoms with Gasteiger partial charge in [-0.2, -0.15) is 0 Å². The first-order valence-electron chi connectivity index (χ1n) is 6.06. The van der Waals surface area contributed by atoms with Crippen LogP contribution < -0.4 is 10.5 Å². The number of nitrogens with two attached hydrogens (primary N) is 1. The van der Waals surface area contributed by atoms with Crippen molar-refractivity contribution in [3.05, 3.63) is 53.1 Å². The smallest absolute Gasteiger partial charge is 0.264 e. The molecule has 0 aliphatic rings. The Hall–Kier alpha value is -2.15. The first kappa shape index (κ1) is 15.2. The molecule has 0 aromatic heterocycles. The minimum Gasteiger partial charge on any atom is -0.398 e. The zero-order chi connectivity index (χ0) is 15.8. The Morgan fingerprint density at radius 1 is 1.05 bits per heavy atom. The molecule has 0 radical (unpaired) electrons. The maximum absolute atomic E-state index is 13.5. The highest BCUT2D eigenvalue weighted by atomic mass is 32.2. The number of nitrogens with one attached hydrogen (secondary N) is 1. The summed E-state index contributed by atoms with van der Waals surface area (Å²) in [5, 5.41) is 0. The maximum Gasteiger partial charge on any atom is 0.264 e. The van der Waals surface area contributed by atoms with Gasteiger partial charge in [0.1, 0.15) is 22.2 Å². The molecular formula is C14H14F2N2O2S. The molecule has 4 nitrogen and oxygen atoms in total. The minimum absolute atomic E-state index is 0.0161. The predicted octanol–water partition coefficient (Wildman–Crippen LogP) is 2.96. The van der Waals surface area contributed by atoms with Crippen molar-refractivity contribution in [3.63, 3.8) is 0 Å². The normalized spacial score (nSPS) is 11.4. The van der Waals surface area contributed by atoms with Gasteiger partial charge in [0, 0.05) is 0 Å². The summed E-state index contributed by atoms with van der Waals surface area (Å²) in [5.74, 6) is -2.00. The summed E-state index contributed by atoms with van der Waals surface area (Å²) in [7, 11) is -4.18. The lowest BCUT2D eigenvalue weighted by molar-refractivity contribution is 0.583. The fourth-order valence-corrected chi connectivity index (χ4v) is 3.10. The monoisotopic (exact) mass is 312 g/mol. The van der Waals surface area contributed by atoms with Crippen molar-refractivity contribution in [2.24, 2.45) is 0 Å². The van der Waals surface area contributed by atoms with Gasteiger partial charge in [-0.05, 0) is 49.2 Å². The van der Waals surface area contributed by atoms with Crippen molar-refractivity contribution in [1.82, 2.24) is 0 Å². The Kier molecular flexibility index (Phi) is 3.87. The number of sulfonamides is 1. The molecule has 2 aromatic carbocycles. The number of benzene rings is 2. The summed E-state index contributed by atoms with van der Waals surface area (Å²) < 4.78 is 53.5. The number of hydrogen-bond acceptors (Lipinski definition) is 3. The highest BCUT2D eigenvalue weighted by Crippen LogP contribution is 2.27. The van der Waals surface area contributed by atoms with E-state index in [1.807, 2.05) is 4.72 Å². The van der Waals surface area contributed by atoms with Crippen molar-refractivity contribution in [2.75, 3.05) is 10.5 Å². The molecule has 2 rings (SSSR count). The fraction of sp³-hybridized carbons (Fsp3) is 0.143. The van der Waals surface area contributed by atoms with Crippen molar-refractivity contribution in [3.8, 4) is 0 Å². The molecule has 2 aromatic rings. The van der Waals surface area contributed by atoms with Crippen LogP contribution in [0, 0.1) is 25.5 Å².